The number of carbonyl (C=O) groups excluding carboxylic acids is 1. The Morgan fingerprint density at radius 2 is 1.81 bits per heavy atom. The van der Waals surface area contributed by atoms with Gasteiger partial charge in [0, 0.05) is 0 Å². The van der Waals surface area contributed by atoms with Gasteiger partial charge in [0.25, 0.3) is 0 Å². The fraction of sp³-hybridized carbons (Fsp3) is 0.333. The minimum absolute atomic E-state index is 0.0110. The Kier molecular flexibility index (Phi) is 5.82. The molecule has 0 aromatic heterocycles. The molecule has 0 aliphatic carbocycles. The monoisotopic (exact) mass is 316 g/mol. The van der Waals surface area contributed by atoms with Crippen molar-refractivity contribution < 1.29 is 28.2 Å². The number of aliphatic hydroxyl groups excluding tert-OH is 1. The van der Waals surface area contributed by atoms with Crippen molar-refractivity contribution in [2.75, 3.05) is 6.54 Å². The Bertz CT molecular complexity index is 599. The summed E-state index contributed by atoms with van der Waals surface area (Å²) in [6.45, 7) is 0.570. The molecule has 0 radical (unpaired) electrons. The lowest BCUT2D eigenvalue weighted by Gasteiger charge is -2.17. The van der Waals surface area contributed by atoms with Crippen LogP contribution in [-0.4, -0.2) is 49.2 Å². The molecule has 0 saturated heterocycles. The van der Waals surface area contributed by atoms with Gasteiger partial charge in [0.2, 0.25) is 15.9 Å². The van der Waals surface area contributed by atoms with Crippen LogP contribution in [0.5, 0.6) is 0 Å². The number of hydrogen-bond acceptors (Lipinski definition) is 5. The fourth-order valence-electron chi connectivity index (χ4n) is 1.46. The molecule has 1 aromatic carbocycles. The molecular weight excluding hydrogens is 300 g/mol. The molecular formula is C12H16N2O6S. The summed E-state index contributed by atoms with van der Waals surface area (Å²) in [5.41, 5.74) is 0. The van der Waals surface area contributed by atoms with E-state index in [1.54, 1.807) is 6.07 Å². The first-order valence-corrected chi connectivity index (χ1v) is 7.47. The molecule has 1 amide bonds. The number of hydrogen-bond donors (Lipinski definition) is 4. The van der Waals surface area contributed by atoms with Crippen molar-refractivity contribution in [3.63, 3.8) is 0 Å². The zero-order valence-corrected chi connectivity index (χ0v) is 12.0. The molecule has 0 bridgehead atoms. The van der Waals surface area contributed by atoms with Gasteiger partial charge in [-0.2, -0.15) is 0 Å². The summed E-state index contributed by atoms with van der Waals surface area (Å²) < 4.78 is 25.7. The number of amides is 1. The Labute approximate surface area is 121 Å². The third-order valence-corrected chi connectivity index (χ3v) is 3.96. The van der Waals surface area contributed by atoms with Crippen LogP contribution in [0, 0.1) is 0 Å². The van der Waals surface area contributed by atoms with Gasteiger partial charge in [0.05, 0.1) is 17.5 Å². The molecule has 4 N–H and O–H groups in total. The average Bonchev–Trinajstić information content (AvgIpc) is 2.43. The van der Waals surface area contributed by atoms with Crippen LogP contribution in [0.4, 0.5) is 0 Å². The van der Waals surface area contributed by atoms with Gasteiger partial charge >= 0.3 is 5.97 Å². The standard InChI is InChI=1S/C12H16N2O6S/c1-8(15)11(12(17)18)14-10(16)7-13-21(19,20)9-5-3-2-4-6-9/h2-6,8,11,13,15H,7H2,1H3,(H,14,16)(H,17,18). The Morgan fingerprint density at radius 3 is 2.29 bits per heavy atom. The van der Waals surface area contributed by atoms with Crippen LogP contribution in [0.15, 0.2) is 35.2 Å². The molecule has 0 spiro atoms. The quantitative estimate of drug-likeness (QED) is 0.505. The molecule has 8 nitrogen and oxygen atoms in total. The number of carbonyl (C=O) groups is 2. The van der Waals surface area contributed by atoms with Crippen molar-refractivity contribution in [3.05, 3.63) is 30.3 Å². The van der Waals surface area contributed by atoms with Gasteiger partial charge in [0.1, 0.15) is 0 Å². The van der Waals surface area contributed by atoms with Crippen LogP contribution in [0.1, 0.15) is 6.92 Å². The van der Waals surface area contributed by atoms with Crippen LogP contribution in [0.25, 0.3) is 0 Å². The molecule has 0 aliphatic heterocycles. The smallest absolute Gasteiger partial charge is 0.328 e. The predicted molar refractivity (Wildman–Crippen MR) is 72.9 cm³/mol. The second-order valence-corrected chi connectivity index (χ2v) is 6.03. The number of aliphatic hydroxyl groups is 1. The zero-order valence-electron chi connectivity index (χ0n) is 11.2. The molecule has 0 saturated carbocycles. The Hall–Kier alpha value is -1.97. The number of nitrogens with one attached hydrogen (secondary N) is 2. The first-order chi connectivity index (χ1) is 9.74. The summed E-state index contributed by atoms with van der Waals surface area (Å²) in [4.78, 5) is 22.3. The van der Waals surface area contributed by atoms with Crippen LogP contribution >= 0.6 is 0 Å². The first kappa shape index (κ1) is 17.1. The SMILES string of the molecule is CC(O)C(NC(=O)CNS(=O)(=O)c1ccccc1)C(=O)O. The highest BCUT2D eigenvalue weighted by atomic mass is 32.2. The van der Waals surface area contributed by atoms with Gasteiger partial charge in [-0.1, -0.05) is 18.2 Å². The van der Waals surface area contributed by atoms with E-state index in [0.29, 0.717) is 0 Å². The largest absolute Gasteiger partial charge is 0.480 e. The molecule has 116 valence electrons. The maximum Gasteiger partial charge on any atom is 0.328 e. The van der Waals surface area contributed by atoms with Crippen LogP contribution in [0.3, 0.4) is 0 Å². The van der Waals surface area contributed by atoms with E-state index in [0.717, 1.165) is 0 Å². The molecule has 9 heteroatoms. The van der Waals surface area contributed by atoms with Gasteiger partial charge in [-0.3, -0.25) is 4.79 Å². The van der Waals surface area contributed by atoms with Crippen LogP contribution in [0.2, 0.25) is 0 Å². The highest BCUT2D eigenvalue weighted by molar-refractivity contribution is 7.89. The molecule has 2 unspecified atom stereocenters. The number of carboxylic acid groups (broad SMARTS) is 1. The topological polar surface area (TPSA) is 133 Å². The van der Waals surface area contributed by atoms with E-state index in [9.17, 15) is 23.1 Å². The van der Waals surface area contributed by atoms with E-state index in [-0.39, 0.29) is 4.90 Å². The highest BCUT2D eigenvalue weighted by Gasteiger charge is 2.25. The molecule has 0 aliphatic rings. The normalized spacial score (nSPS) is 14.2. The fourth-order valence-corrected chi connectivity index (χ4v) is 2.46. The van der Waals surface area contributed by atoms with Crippen molar-refractivity contribution in [1.29, 1.82) is 0 Å². The minimum atomic E-state index is -3.85. The third kappa shape index (κ3) is 5.14. The molecule has 21 heavy (non-hydrogen) atoms. The molecule has 0 heterocycles. The van der Waals surface area contributed by atoms with Crippen molar-refractivity contribution in [2.24, 2.45) is 0 Å². The van der Waals surface area contributed by atoms with Crippen molar-refractivity contribution >= 4 is 21.9 Å². The number of benzene rings is 1. The van der Waals surface area contributed by atoms with Crippen molar-refractivity contribution in [2.45, 2.75) is 24.0 Å². The van der Waals surface area contributed by atoms with Gasteiger partial charge in [-0.15, -0.1) is 0 Å². The summed E-state index contributed by atoms with van der Waals surface area (Å²) in [5, 5.41) is 20.0. The molecule has 0 fully saturated rings. The third-order valence-electron chi connectivity index (χ3n) is 2.54. The van der Waals surface area contributed by atoms with E-state index < -0.39 is 40.6 Å². The summed E-state index contributed by atoms with van der Waals surface area (Å²) in [5.74, 6) is -2.27. The van der Waals surface area contributed by atoms with E-state index in [4.69, 9.17) is 5.11 Å². The van der Waals surface area contributed by atoms with Gasteiger partial charge in [0.15, 0.2) is 6.04 Å². The molecule has 1 rings (SSSR count). The maximum atomic E-state index is 11.8. The number of rotatable bonds is 7. The van der Waals surface area contributed by atoms with E-state index >= 15 is 0 Å². The maximum absolute atomic E-state index is 11.8. The number of carboxylic acids is 1. The number of aliphatic carboxylic acids is 1. The lowest BCUT2D eigenvalue weighted by molar-refractivity contribution is -0.144. The van der Waals surface area contributed by atoms with Gasteiger partial charge in [-0.05, 0) is 19.1 Å². The minimum Gasteiger partial charge on any atom is -0.480 e. The lowest BCUT2D eigenvalue weighted by Crippen LogP contribution is -2.50. The van der Waals surface area contributed by atoms with E-state index in [1.807, 2.05) is 10.0 Å². The highest BCUT2D eigenvalue weighted by Crippen LogP contribution is 2.06. The van der Waals surface area contributed by atoms with Crippen molar-refractivity contribution in [1.82, 2.24) is 10.0 Å². The summed E-state index contributed by atoms with van der Waals surface area (Å²) >= 11 is 0. The summed E-state index contributed by atoms with van der Waals surface area (Å²) in [7, 11) is -3.85. The second-order valence-electron chi connectivity index (χ2n) is 4.26. The molecule has 2 atom stereocenters. The Morgan fingerprint density at radius 1 is 1.24 bits per heavy atom. The van der Waals surface area contributed by atoms with Gasteiger partial charge in [-0.25, -0.2) is 17.9 Å². The average molecular weight is 316 g/mol. The molecule has 1 aromatic rings. The van der Waals surface area contributed by atoms with E-state index in [2.05, 4.69) is 0 Å². The summed E-state index contributed by atoms with van der Waals surface area (Å²) in [6, 6.07) is 5.92. The van der Waals surface area contributed by atoms with Crippen molar-refractivity contribution in [3.8, 4) is 0 Å². The lowest BCUT2D eigenvalue weighted by atomic mass is 10.2. The van der Waals surface area contributed by atoms with E-state index in [1.165, 1.54) is 31.2 Å². The first-order valence-electron chi connectivity index (χ1n) is 5.99. The number of sulfonamides is 1. The van der Waals surface area contributed by atoms with Crippen LogP contribution < -0.4 is 10.0 Å². The predicted octanol–water partition coefficient (Wildman–Crippen LogP) is -1.08. The zero-order chi connectivity index (χ0) is 16.0. The second kappa shape index (κ2) is 7.16. The Balaban J connectivity index is 2.63. The summed E-state index contributed by atoms with van der Waals surface area (Å²) in [6.07, 6.45) is -1.31. The van der Waals surface area contributed by atoms with Crippen LogP contribution in [-0.2, 0) is 19.6 Å². The van der Waals surface area contributed by atoms with Gasteiger partial charge < -0.3 is 15.5 Å².